The molecule has 2 rings (SSSR count). The molecule has 0 atom stereocenters. The van der Waals surface area contributed by atoms with Crippen molar-refractivity contribution in [2.24, 2.45) is 0 Å². The van der Waals surface area contributed by atoms with E-state index in [9.17, 15) is 0 Å². The largest absolute Gasteiger partial charge is 0.488 e. The van der Waals surface area contributed by atoms with E-state index >= 15 is 0 Å². The number of aryl methyl sites for hydroxylation is 1. The Bertz CT molecular complexity index is 327. The lowest BCUT2D eigenvalue weighted by atomic mass is 10.1. The van der Waals surface area contributed by atoms with Gasteiger partial charge in [0, 0.05) is 13.1 Å². The fraction of sp³-hybridized carbons (Fsp3) is 0.600. The minimum atomic E-state index is 0.402. The second-order valence-electron chi connectivity index (χ2n) is 4.85. The predicted molar refractivity (Wildman–Crippen MR) is 71.6 cm³/mol. The minimum Gasteiger partial charge on any atom is -0.488 e. The first-order chi connectivity index (χ1) is 8.31. The molecule has 2 nitrogen and oxygen atoms in total. The molecular weight excluding hydrogens is 210 g/mol. The van der Waals surface area contributed by atoms with E-state index in [2.05, 4.69) is 43.0 Å². The van der Waals surface area contributed by atoms with Gasteiger partial charge in [0.05, 0.1) is 0 Å². The highest BCUT2D eigenvalue weighted by Gasteiger charge is 2.27. The fourth-order valence-corrected chi connectivity index (χ4v) is 2.16. The first kappa shape index (κ1) is 12.4. The lowest BCUT2D eigenvalue weighted by Crippen LogP contribution is -2.53. The van der Waals surface area contributed by atoms with Crippen LogP contribution >= 0.6 is 0 Å². The minimum absolute atomic E-state index is 0.402. The molecule has 1 aromatic rings. The molecule has 1 fully saturated rings. The zero-order valence-corrected chi connectivity index (χ0v) is 11.0. The van der Waals surface area contributed by atoms with Crippen LogP contribution in [0.2, 0.25) is 0 Å². The van der Waals surface area contributed by atoms with Crippen LogP contribution in [-0.2, 0) is 6.42 Å². The van der Waals surface area contributed by atoms with Gasteiger partial charge in [0.1, 0.15) is 11.9 Å². The second-order valence-corrected chi connectivity index (χ2v) is 4.85. The summed E-state index contributed by atoms with van der Waals surface area (Å²) in [5.41, 5.74) is 1.37. The van der Waals surface area contributed by atoms with Gasteiger partial charge in [-0.05, 0) is 37.1 Å². The van der Waals surface area contributed by atoms with Crippen LogP contribution in [0.25, 0.3) is 0 Å². The summed E-state index contributed by atoms with van der Waals surface area (Å²) in [4.78, 5) is 2.47. The molecule has 0 aromatic heterocycles. The van der Waals surface area contributed by atoms with E-state index in [1.807, 2.05) is 0 Å². The van der Waals surface area contributed by atoms with E-state index < -0.39 is 0 Å². The fourth-order valence-electron chi connectivity index (χ4n) is 2.16. The van der Waals surface area contributed by atoms with Gasteiger partial charge in [-0.1, -0.05) is 32.4 Å². The molecule has 0 amide bonds. The highest BCUT2D eigenvalue weighted by Crippen LogP contribution is 2.19. The monoisotopic (exact) mass is 233 g/mol. The molecule has 1 aromatic carbocycles. The molecule has 0 saturated carbocycles. The van der Waals surface area contributed by atoms with Crippen molar-refractivity contribution in [2.75, 3.05) is 19.6 Å². The van der Waals surface area contributed by atoms with Crippen molar-refractivity contribution >= 4 is 0 Å². The topological polar surface area (TPSA) is 12.5 Å². The van der Waals surface area contributed by atoms with Gasteiger partial charge >= 0.3 is 0 Å². The summed E-state index contributed by atoms with van der Waals surface area (Å²) in [6.07, 6.45) is 4.08. The molecule has 0 aliphatic carbocycles. The number of benzene rings is 1. The Kier molecular flexibility index (Phi) is 4.43. The Morgan fingerprint density at radius 1 is 1.18 bits per heavy atom. The molecule has 0 radical (unpaired) electrons. The maximum absolute atomic E-state index is 5.92. The number of hydrogen-bond donors (Lipinski definition) is 0. The average Bonchev–Trinajstić information content (AvgIpc) is 2.32. The number of hydrogen-bond acceptors (Lipinski definition) is 2. The van der Waals surface area contributed by atoms with Gasteiger partial charge in [-0.15, -0.1) is 0 Å². The van der Waals surface area contributed by atoms with Crippen LogP contribution < -0.4 is 4.74 Å². The smallest absolute Gasteiger partial charge is 0.124 e. The maximum Gasteiger partial charge on any atom is 0.124 e. The van der Waals surface area contributed by atoms with Gasteiger partial charge in [-0.2, -0.15) is 0 Å². The van der Waals surface area contributed by atoms with Gasteiger partial charge in [0.25, 0.3) is 0 Å². The summed E-state index contributed by atoms with van der Waals surface area (Å²) in [5, 5.41) is 0. The molecular formula is C15H23NO. The van der Waals surface area contributed by atoms with Crippen LogP contribution in [0.15, 0.2) is 24.3 Å². The van der Waals surface area contributed by atoms with Crippen LogP contribution in [0.1, 0.15) is 32.3 Å². The Morgan fingerprint density at radius 2 is 1.88 bits per heavy atom. The molecule has 1 aliphatic rings. The zero-order chi connectivity index (χ0) is 12.1. The van der Waals surface area contributed by atoms with E-state index in [1.54, 1.807) is 0 Å². The Balaban J connectivity index is 1.72. The number of unbranched alkanes of at least 4 members (excludes halogenated alkanes) is 1. The molecule has 2 heteroatoms. The molecule has 17 heavy (non-hydrogen) atoms. The SMILES string of the molecule is CCCCN1CC(Oc2ccc(CC)cc2)C1. The van der Waals surface area contributed by atoms with Crippen molar-refractivity contribution in [3.8, 4) is 5.75 Å². The van der Waals surface area contributed by atoms with E-state index in [4.69, 9.17) is 4.74 Å². The van der Waals surface area contributed by atoms with Gasteiger partial charge in [0.15, 0.2) is 0 Å². The van der Waals surface area contributed by atoms with Crippen molar-refractivity contribution in [1.82, 2.24) is 4.90 Å². The summed E-state index contributed by atoms with van der Waals surface area (Å²) in [6, 6.07) is 8.49. The summed E-state index contributed by atoms with van der Waals surface area (Å²) in [7, 11) is 0. The normalized spacial score (nSPS) is 16.8. The summed E-state index contributed by atoms with van der Waals surface area (Å²) >= 11 is 0. The number of rotatable bonds is 6. The van der Waals surface area contributed by atoms with Crippen molar-refractivity contribution in [2.45, 2.75) is 39.2 Å². The first-order valence-electron chi connectivity index (χ1n) is 6.79. The first-order valence-corrected chi connectivity index (χ1v) is 6.79. The van der Waals surface area contributed by atoms with Crippen LogP contribution in [0.3, 0.4) is 0 Å². The quantitative estimate of drug-likeness (QED) is 0.748. The molecule has 1 heterocycles. The molecule has 94 valence electrons. The number of ether oxygens (including phenoxy) is 1. The van der Waals surface area contributed by atoms with Crippen molar-refractivity contribution in [3.63, 3.8) is 0 Å². The summed E-state index contributed by atoms with van der Waals surface area (Å²) in [5.74, 6) is 1.02. The molecule has 0 unspecified atom stereocenters. The summed E-state index contributed by atoms with van der Waals surface area (Å²) in [6.45, 7) is 7.83. The third kappa shape index (κ3) is 3.47. The lowest BCUT2D eigenvalue weighted by molar-refractivity contribution is 0.0193. The second kappa shape index (κ2) is 6.06. The predicted octanol–water partition coefficient (Wildman–Crippen LogP) is 3.11. The van der Waals surface area contributed by atoms with Gasteiger partial charge < -0.3 is 4.74 Å². The molecule has 0 bridgehead atoms. The highest BCUT2D eigenvalue weighted by atomic mass is 16.5. The Morgan fingerprint density at radius 3 is 2.47 bits per heavy atom. The number of likely N-dealkylation sites (tertiary alicyclic amines) is 1. The van der Waals surface area contributed by atoms with Crippen LogP contribution in [0, 0.1) is 0 Å². The molecule has 0 N–H and O–H groups in total. The van der Waals surface area contributed by atoms with E-state index in [0.29, 0.717) is 6.10 Å². The Hall–Kier alpha value is -1.02. The van der Waals surface area contributed by atoms with E-state index in [-0.39, 0.29) is 0 Å². The Labute approximate surface area is 105 Å². The number of nitrogens with zero attached hydrogens (tertiary/aromatic N) is 1. The van der Waals surface area contributed by atoms with Crippen molar-refractivity contribution in [3.05, 3.63) is 29.8 Å². The van der Waals surface area contributed by atoms with E-state index in [1.165, 1.54) is 24.9 Å². The van der Waals surface area contributed by atoms with Crippen LogP contribution in [0.5, 0.6) is 5.75 Å². The molecule has 0 spiro atoms. The zero-order valence-electron chi connectivity index (χ0n) is 11.0. The van der Waals surface area contributed by atoms with Crippen molar-refractivity contribution < 1.29 is 4.74 Å². The standard InChI is InChI=1S/C15H23NO/c1-3-5-10-16-11-15(12-16)17-14-8-6-13(4-2)7-9-14/h6-9,15H,3-5,10-12H2,1-2H3. The van der Waals surface area contributed by atoms with Gasteiger partial charge in [-0.3, -0.25) is 4.90 Å². The van der Waals surface area contributed by atoms with E-state index in [0.717, 1.165) is 25.3 Å². The van der Waals surface area contributed by atoms with Crippen LogP contribution in [-0.4, -0.2) is 30.6 Å². The van der Waals surface area contributed by atoms with Crippen molar-refractivity contribution in [1.29, 1.82) is 0 Å². The van der Waals surface area contributed by atoms with Gasteiger partial charge in [-0.25, -0.2) is 0 Å². The highest BCUT2D eigenvalue weighted by molar-refractivity contribution is 5.27. The maximum atomic E-state index is 5.92. The summed E-state index contributed by atoms with van der Waals surface area (Å²) < 4.78 is 5.92. The third-order valence-electron chi connectivity index (χ3n) is 3.39. The third-order valence-corrected chi connectivity index (χ3v) is 3.39. The van der Waals surface area contributed by atoms with Gasteiger partial charge in [0.2, 0.25) is 0 Å². The molecule has 1 saturated heterocycles. The average molecular weight is 233 g/mol. The van der Waals surface area contributed by atoms with Crippen LogP contribution in [0.4, 0.5) is 0 Å². The molecule has 1 aliphatic heterocycles. The lowest BCUT2D eigenvalue weighted by Gasteiger charge is -2.39.